The summed E-state index contributed by atoms with van der Waals surface area (Å²) < 4.78 is 6.46. The molecule has 0 fully saturated rings. The highest BCUT2D eigenvalue weighted by Gasteiger charge is 2.20. The fourth-order valence-corrected chi connectivity index (χ4v) is 7.52. The first-order valence-corrected chi connectivity index (χ1v) is 18.4. The first-order chi connectivity index (χ1) is 27.3. The second kappa shape index (κ2) is 13.8. The van der Waals surface area contributed by atoms with Gasteiger partial charge >= 0.3 is 0 Å². The maximum atomic E-state index is 6.46. The van der Waals surface area contributed by atoms with Gasteiger partial charge in [0, 0.05) is 27.8 Å². The Kier molecular flexibility index (Phi) is 8.12. The average Bonchev–Trinajstić information content (AvgIpc) is 3.72. The fraction of sp³-hybridized carbons (Fsp3) is 0. The van der Waals surface area contributed by atoms with Gasteiger partial charge in [-0.3, -0.25) is 0 Å². The minimum atomic E-state index is 0.614. The first-order valence-electron chi connectivity index (χ1n) is 18.4. The topological polar surface area (TPSA) is 51.8 Å². The van der Waals surface area contributed by atoms with Crippen molar-refractivity contribution < 1.29 is 4.42 Å². The predicted molar refractivity (Wildman–Crippen MR) is 225 cm³/mol. The third-order valence-corrected chi connectivity index (χ3v) is 10.1. The largest absolute Gasteiger partial charge is 0.435 e. The summed E-state index contributed by atoms with van der Waals surface area (Å²) in [5, 5.41) is 2.34. The molecule has 0 saturated heterocycles. The molecule has 2 heterocycles. The number of benzene rings is 8. The second-order valence-electron chi connectivity index (χ2n) is 13.6. The molecule has 4 nitrogen and oxygen atoms in total. The van der Waals surface area contributed by atoms with Gasteiger partial charge in [-0.15, -0.1) is 0 Å². The van der Waals surface area contributed by atoms with Crippen LogP contribution < -0.4 is 0 Å². The summed E-state index contributed by atoms with van der Waals surface area (Å²) in [5.74, 6) is 1.30. The smallest absolute Gasteiger partial charge is 0.227 e. The Morgan fingerprint density at radius 2 is 0.927 bits per heavy atom. The maximum absolute atomic E-state index is 6.46. The Balaban J connectivity index is 1.16. The van der Waals surface area contributed by atoms with Gasteiger partial charge in [-0.05, 0) is 68.9 Å². The molecule has 10 aromatic rings. The molecule has 0 unspecified atom stereocenters. The molecule has 8 aromatic carbocycles. The zero-order valence-corrected chi connectivity index (χ0v) is 29.8. The van der Waals surface area contributed by atoms with Crippen LogP contribution in [0.3, 0.4) is 0 Å². The highest BCUT2D eigenvalue weighted by Crippen LogP contribution is 2.44. The van der Waals surface area contributed by atoms with Gasteiger partial charge in [-0.25, -0.2) is 15.0 Å². The Morgan fingerprint density at radius 1 is 0.345 bits per heavy atom. The summed E-state index contributed by atoms with van der Waals surface area (Å²) >= 11 is 0. The van der Waals surface area contributed by atoms with Crippen molar-refractivity contribution in [3.8, 4) is 78.7 Å². The monoisotopic (exact) mass is 703 g/mol. The molecule has 0 bridgehead atoms. The lowest BCUT2D eigenvalue weighted by Gasteiger charge is -2.18. The molecular formula is C51H33N3O. The van der Waals surface area contributed by atoms with Crippen LogP contribution in [-0.4, -0.2) is 15.0 Å². The number of nitrogens with zero attached hydrogens (tertiary/aromatic N) is 3. The number of aromatic nitrogens is 3. The molecule has 10 rings (SSSR count). The highest BCUT2D eigenvalue weighted by atomic mass is 16.3. The lowest BCUT2D eigenvalue weighted by molar-refractivity contribution is 0.621. The standard InChI is InChI=1S/C51H33N3O/c1-4-17-35(18-5-1)46-33-47(53-50(52-46)36-19-6-2-7-20-36)43-26-12-13-27-44(43)48-40-25-11-10-16-34(40)30-31-41(48)38-23-14-24-39(32-38)42-28-15-29-45-49(42)55-51(54-45)37-21-8-3-9-22-37/h1-33H. The molecule has 0 spiro atoms. The van der Waals surface area contributed by atoms with Crippen molar-refractivity contribution in [3.63, 3.8) is 0 Å². The SMILES string of the molecule is c1ccc(-c2cc(-c3ccccc3-c3c(-c4cccc(-c5cccc6nc(-c7ccccc7)oc56)c4)ccc4ccccc34)nc(-c3ccccc3)n2)cc1. The molecule has 0 aliphatic carbocycles. The van der Waals surface area contributed by atoms with Gasteiger partial charge in [0.2, 0.25) is 5.89 Å². The minimum Gasteiger partial charge on any atom is -0.435 e. The lowest BCUT2D eigenvalue weighted by Crippen LogP contribution is -1.97. The van der Waals surface area contributed by atoms with Gasteiger partial charge in [0.05, 0.1) is 11.4 Å². The molecule has 258 valence electrons. The molecular weight excluding hydrogens is 671 g/mol. The summed E-state index contributed by atoms with van der Waals surface area (Å²) in [6.45, 7) is 0. The van der Waals surface area contributed by atoms with Crippen molar-refractivity contribution in [2.75, 3.05) is 0 Å². The van der Waals surface area contributed by atoms with E-state index in [0.717, 1.165) is 78.1 Å². The van der Waals surface area contributed by atoms with E-state index in [1.54, 1.807) is 0 Å². The first kappa shape index (κ1) is 32.2. The number of hydrogen-bond donors (Lipinski definition) is 0. The second-order valence-corrected chi connectivity index (χ2v) is 13.6. The van der Waals surface area contributed by atoms with Crippen LogP contribution in [0.2, 0.25) is 0 Å². The maximum Gasteiger partial charge on any atom is 0.227 e. The van der Waals surface area contributed by atoms with Gasteiger partial charge in [0.25, 0.3) is 0 Å². The molecule has 0 amide bonds. The molecule has 55 heavy (non-hydrogen) atoms. The van der Waals surface area contributed by atoms with E-state index >= 15 is 0 Å². The lowest BCUT2D eigenvalue weighted by atomic mass is 9.86. The molecule has 0 radical (unpaired) electrons. The van der Waals surface area contributed by atoms with E-state index in [2.05, 4.69) is 140 Å². The van der Waals surface area contributed by atoms with Crippen molar-refractivity contribution in [2.24, 2.45) is 0 Å². The number of oxazole rings is 1. The summed E-state index contributed by atoms with van der Waals surface area (Å²) in [6.07, 6.45) is 0. The molecule has 2 aromatic heterocycles. The number of para-hydroxylation sites is 1. The summed E-state index contributed by atoms with van der Waals surface area (Å²) in [7, 11) is 0. The fourth-order valence-electron chi connectivity index (χ4n) is 7.52. The Morgan fingerprint density at radius 3 is 1.71 bits per heavy atom. The quantitative estimate of drug-likeness (QED) is 0.166. The van der Waals surface area contributed by atoms with Crippen LogP contribution >= 0.6 is 0 Å². The molecule has 0 atom stereocenters. The summed E-state index contributed by atoms with van der Waals surface area (Å²) in [4.78, 5) is 15.2. The Bertz CT molecular complexity index is 2910. The predicted octanol–water partition coefficient (Wildman–Crippen LogP) is 13.4. The zero-order chi connectivity index (χ0) is 36.6. The normalized spacial score (nSPS) is 11.3. The van der Waals surface area contributed by atoms with Gasteiger partial charge in [-0.1, -0.05) is 170 Å². The van der Waals surface area contributed by atoms with E-state index in [0.29, 0.717) is 11.7 Å². The van der Waals surface area contributed by atoms with Gasteiger partial charge < -0.3 is 4.42 Å². The molecule has 0 saturated carbocycles. The number of hydrogen-bond acceptors (Lipinski definition) is 4. The van der Waals surface area contributed by atoms with Crippen molar-refractivity contribution in [3.05, 3.63) is 200 Å². The minimum absolute atomic E-state index is 0.614. The highest BCUT2D eigenvalue weighted by molar-refractivity contribution is 6.07. The number of fused-ring (bicyclic) bond motifs is 2. The molecule has 0 aliphatic rings. The van der Waals surface area contributed by atoms with Crippen LogP contribution in [0.4, 0.5) is 0 Å². The van der Waals surface area contributed by atoms with Gasteiger partial charge in [-0.2, -0.15) is 0 Å². The van der Waals surface area contributed by atoms with E-state index in [-0.39, 0.29) is 0 Å². The Labute approximate surface area is 319 Å². The van der Waals surface area contributed by atoms with Crippen LogP contribution in [0, 0.1) is 0 Å². The van der Waals surface area contributed by atoms with Gasteiger partial charge in [0.1, 0.15) is 5.52 Å². The zero-order valence-electron chi connectivity index (χ0n) is 29.8. The van der Waals surface area contributed by atoms with Crippen LogP contribution in [-0.2, 0) is 0 Å². The van der Waals surface area contributed by atoms with Crippen molar-refractivity contribution in [1.82, 2.24) is 15.0 Å². The van der Waals surface area contributed by atoms with Crippen molar-refractivity contribution in [2.45, 2.75) is 0 Å². The summed E-state index contributed by atoms with van der Waals surface area (Å²) in [5.41, 5.74) is 13.9. The van der Waals surface area contributed by atoms with E-state index in [1.807, 2.05) is 60.7 Å². The van der Waals surface area contributed by atoms with Crippen LogP contribution in [0.25, 0.3) is 101 Å². The molecule has 0 N–H and O–H groups in total. The number of rotatable bonds is 7. The molecule has 4 heteroatoms. The van der Waals surface area contributed by atoms with Crippen LogP contribution in [0.15, 0.2) is 205 Å². The van der Waals surface area contributed by atoms with E-state index in [4.69, 9.17) is 19.4 Å². The van der Waals surface area contributed by atoms with Crippen LogP contribution in [0.5, 0.6) is 0 Å². The molecule has 0 aliphatic heterocycles. The third-order valence-electron chi connectivity index (χ3n) is 10.1. The third kappa shape index (κ3) is 6.06. The van der Waals surface area contributed by atoms with E-state index in [1.165, 1.54) is 10.8 Å². The van der Waals surface area contributed by atoms with Crippen molar-refractivity contribution >= 4 is 21.9 Å². The van der Waals surface area contributed by atoms with E-state index < -0.39 is 0 Å². The summed E-state index contributed by atoms with van der Waals surface area (Å²) in [6, 6.07) is 69.3. The van der Waals surface area contributed by atoms with E-state index in [9.17, 15) is 0 Å². The Hall–Kier alpha value is -7.43. The van der Waals surface area contributed by atoms with Crippen LogP contribution in [0.1, 0.15) is 0 Å². The van der Waals surface area contributed by atoms with Gasteiger partial charge in [0.15, 0.2) is 11.4 Å². The van der Waals surface area contributed by atoms with Crippen molar-refractivity contribution in [1.29, 1.82) is 0 Å². The average molecular weight is 704 g/mol.